The lowest BCUT2D eigenvalue weighted by Crippen LogP contribution is -2.50. The molecule has 0 spiro atoms. The summed E-state index contributed by atoms with van der Waals surface area (Å²) in [7, 11) is 0. The van der Waals surface area contributed by atoms with Crippen molar-refractivity contribution in [3.8, 4) is 0 Å². The Morgan fingerprint density at radius 3 is 2.11 bits per heavy atom. The van der Waals surface area contributed by atoms with Gasteiger partial charge < -0.3 is 5.11 Å². The Morgan fingerprint density at radius 1 is 1.22 bits per heavy atom. The minimum Gasteiger partial charge on any atom is -0.375 e. The standard InChI is InChI=1S/C6H14N2O/c7-8-6(9)4-2-1-3-5-6/h8-9H,1-5,7H2. The lowest BCUT2D eigenvalue weighted by molar-refractivity contribution is -0.0278. The van der Waals surface area contributed by atoms with E-state index in [9.17, 15) is 5.11 Å². The summed E-state index contributed by atoms with van der Waals surface area (Å²) in [4.78, 5) is 0. The number of hydrazine groups is 1. The van der Waals surface area contributed by atoms with Crippen molar-refractivity contribution in [1.82, 2.24) is 5.43 Å². The Labute approximate surface area is 55.2 Å². The molecular weight excluding hydrogens is 116 g/mol. The third kappa shape index (κ3) is 1.64. The highest BCUT2D eigenvalue weighted by Crippen LogP contribution is 2.24. The van der Waals surface area contributed by atoms with Crippen LogP contribution in [0, 0.1) is 0 Å². The van der Waals surface area contributed by atoms with Gasteiger partial charge in [-0.25, -0.2) is 5.43 Å². The molecule has 1 fully saturated rings. The average molecular weight is 130 g/mol. The zero-order valence-corrected chi connectivity index (χ0v) is 5.56. The fourth-order valence-corrected chi connectivity index (χ4v) is 1.28. The van der Waals surface area contributed by atoms with E-state index in [-0.39, 0.29) is 0 Å². The Bertz CT molecular complexity index is 89.1. The normalized spacial score (nSPS) is 26.0. The van der Waals surface area contributed by atoms with Crippen LogP contribution in [-0.2, 0) is 0 Å². The zero-order chi connectivity index (χ0) is 6.74. The van der Waals surface area contributed by atoms with Gasteiger partial charge in [-0.2, -0.15) is 0 Å². The van der Waals surface area contributed by atoms with Crippen LogP contribution in [0.4, 0.5) is 0 Å². The first-order chi connectivity index (χ1) is 4.27. The quantitative estimate of drug-likeness (QED) is 0.268. The van der Waals surface area contributed by atoms with Crippen LogP contribution in [0.5, 0.6) is 0 Å². The van der Waals surface area contributed by atoms with Gasteiger partial charge in [-0.15, -0.1) is 0 Å². The monoisotopic (exact) mass is 130 g/mol. The molecule has 0 unspecified atom stereocenters. The van der Waals surface area contributed by atoms with Gasteiger partial charge >= 0.3 is 0 Å². The molecule has 0 aromatic carbocycles. The summed E-state index contributed by atoms with van der Waals surface area (Å²) < 4.78 is 0. The van der Waals surface area contributed by atoms with Crippen molar-refractivity contribution in [2.45, 2.75) is 37.8 Å². The fraction of sp³-hybridized carbons (Fsp3) is 1.00. The minimum atomic E-state index is -0.752. The van der Waals surface area contributed by atoms with Crippen molar-refractivity contribution in [1.29, 1.82) is 0 Å². The second-order valence-electron chi connectivity index (χ2n) is 2.74. The molecule has 1 saturated carbocycles. The number of aliphatic hydroxyl groups is 1. The first-order valence-corrected chi connectivity index (χ1v) is 3.47. The average Bonchev–Trinajstić information content (AvgIpc) is 1.90. The molecule has 3 heteroatoms. The van der Waals surface area contributed by atoms with Crippen molar-refractivity contribution in [2.24, 2.45) is 5.84 Å². The van der Waals surface area contributed by atoms with Gasteiger partial charge in [0.1, 0.15) is 5.72 Å². The molecule has 1 aliphatic rings. The smallest absolute Gasteiger partial charge is 0.128 e. The Balaban J connectivity index is 2.37. The lowest BCUT2D eigenvalue weighted by Gasteiger charge is -2.30. The summed E-state index contributed by atoms with van der Waals surface area (Å²) in [6, 6.07) is 0. The molecule has 0 aromatic rings. The number of hydrogen-bond acceptors (Lipinski definition) is 3. The number of nitrogens with one attached hydrogen (secondary N) is 1. The summed E-state index contributed by atoms with van der Waals surface area (Å²) in [6.07, 6.45) is 4.98. The predicted molar refractivity (Wildman–Crippen MR) is 35.4 cm³/mol. The summed E-state index contributed by atoms with van der Waals surface area (Å²) in [6.45, 7) is 0. The van der Waals surface area contributed by atoms with E-state index in [4.69, 9.17) is 5.84 Å². The van der Waals surface area contributed by atoms with Crippen LogP contribution in [0.15, 0.2) is 0 Å². The van der Waals surface area contributed by atoms with Crippen LogP contribution < -0.4 is 11.3 Å². The van der Waals surface area contributed by atoms with E-state index in [1.54, 1.807) is 0 Å². The van der Waals surface area contributed by atoms with Gasteiger partial charge in [0.15, 0.2) is 0 Å². The highest BCUT2D eigenvalue weighted by Gasteiger charge is 2.26. The second kappa shape index (κ2) is 2.64. The molecule has 1 rings (SSSR count). The van der Waals surface area contributed by atoms with E-state index in [2.05, 4.69) is 5.43 Å². The molecule has 1 aliphatic carbocycles. The van der Waals surface area contributed by atoms with Crippen LogP contribution in [0.2, 0.25) is 0 Å². The van der Waals surface area contributed by atoms with Gasteiger partial charge in [-0.3, -0.25) is 5.84 Å². The van der Waals surface area contributed by atoms with Crippen molar-refractivity contribution < 1.29 is 5.11 Å². The highest BCUT2D eigenvalue weighted by atomic mass is 16.3. The molecule has 3 nitrogen and oxygen atoms in total. The minimum absolute atomic E-state index is 0.752. The Hall–Kier alpha value is -0.120. The van der Waals surface area contributed by atoms with Gasteiger partial charge in [-0.05, 0) is 25.7 Å². The van der Waals surface area contributed by atoms with Crippen LogP contribution in [0.1, 0.15) is 32.1 Å². The van der Waals surface area contributed by atoms with Crippen LogP contribution in [-0.4, -0.2) is 10.8 Å². The summed E-state index contributed by atoms with van der Waals surface area (Å²) >= 11 is 0. The number of rotatable bonds is 1. The molecule has 0 aliphatic heterocycles. The summed E-state index contributed by atoms with van der Waals surface area (Å²) in [5.74, 6) is 5.14. The molecule has 0 bridgehead atoms. The van der Waals surface area contributed by atoms with Crippen molar-refractivity contribution >= 4 is 0 Å². The zero-order valence-electron chi connectivity index (χ0n) is 5.56. The maximum absolute atomic E-state index is 9.44. The van der Waals surface area contributed by atoms with E-state index >= 15 is 0 Å². The lowest BCUT2D eigenvalue weighted by atomic mass is 9.92. The van der Waals surface area contributed by atoms with E-state index < -0.39 is 5.72 Å². The molecule has 0 heterocycles. The molecule has 0 atom stereocenters. The molecule has 4 N–H and O–H groups in total. The molecule has 0 amide bonds. The van der Waals surface area contributed by atoms with E-state index in [0.717, 1.165) is 25.7 Å². The molecule has 9 heavy (non-hydrogen) atoms. The third-order valence-corrected chi connectivity index (χ3v) is 1.95. The third-order valence-electron chi connectivity index (χ3n) is 1.95. The van der Waals surface area contributed by atoms with Crippen molar-refractivity contribution in [3.05, 3.63) is 0 Å². The SMILES string of the molecule is NNC1(O)CCCCC1. The maximum atomic E-state index is 9.44. The predicted octanol–water partition coefficient (Wildman–Crippen LogP) is 0.102. The van der Waals surface area contributed by atoms with E-state index in [1.165, 1.54) is 6.42 Å². The first-order valence-electron chi connectivity index (χ1n) is 3.47. The van der Waals surface area contributed by atoms with Crippen LogP contribution in [0.3, 0.4) is 0 Å². The molecule has 0 radical (unpaired) electrons. The van der Waals surface area contributed by atoms with Gasteiger partial charge in [0, 0.05) is 0 Å². The van der Waals surface area contributed by atoms with Gasteiger partial charge in [-0.1, -0.05) is 6.42 Å². The van der Waals surface area contributed by atoms with Gasteiger partial charge in [0.2, 0.25) is 0 Å². The number of nitrogens with two attached hydrogens (primary N) is 1. The Kier molecular flexibility index (Phi) is 2.05. The van der Waals surface area contributed by atoms with Gasteiger partial charge in [0.25, 0.3) is 0 Å². The van der Waals surface area contributed by atoms with Crippen molar-refractivity contribution in [2.75, 3.05) is 0 Å². The maximum Gasteiger partial charge on any atom is 0.128 e. The summed E-state index contributed by atoms with van der Waals surface area (Å²) in [5.41, 5.74) is 1.68. The van der Waals surface area contributed by atoms with E-state index in [0.29, 0.717) is 0 Å². The number of hydrogen-bond donors (Lipinski definition) is 3. The topological polar surface area (TPSA) is 58.3 Å². The Morgan fingerprint density at radius 2 is 1.78 bits per heavy atom. The fourth-order valence-electron chi connectivity index (χ4n) is 1.28. The molecule has 54 valence electrons. The van der Waals surface area contributed by atoms with Gasteiger partial charge in [0.05, 0.1) is 0 Å². The molecular formula is C6H14N2O. The second-order valence-corrected chi connectivity index (χ2v) is 2.74. The van der Waals surface area contributed by atoms with Crippen LogP contribution >= 0.6 is 0 Å². The molecule has 0 aromatic heterocycles. The largest absolute Gasteiger partial charge is 0.375 e. The van der Waals surface area contributed by atoms with E-state index in [1.807, 2.05) is 0 Å². The summed E-state index contributed by atoms with van der Waals surface area (Å²) in [5, 5.41) is 9.44. The first kappa shape index (κ1) is 6.99. The van der Waals surface area contributed by atoms with Crippen LogP contribution in [0.25, 0.3) is 0 Å². The molecule has 0 saturated heterocycles. The van der Waals surface area contributed by atoms with Crippen molar-refractivity contribution in [3.63, 3.8) is 0 Å². The highest BCUT2D eigenvalue weighted by molar-refractivity contribution is 4.76.